The van der Waals surface area contributed by atoms with Crippen molar-refractivity contribution in [2.45, 2.75) is 19.5 Å². The van der Waals surface area contributed by atoms with E-state index in [1.165, 1.54) is 12.1 Å². The van der Waals surface area contributed by atoms with Crippen molar-refractivity contribution in [1.29, 1.82) is 0 Å². The third kappa shape index (κ3) is 5.70. The van der Waals surface area contributed by atoms with Gasteiger partial charge in [-0.15, -0.1) is 0 Å². The number of carbonyl (C=O) groups excluding carboxylic acids is 1. The lowest BCUT2D eigenvalue weighted by molar-refractivity contribution is 0.0719. The first-order chi connectivity index (χ1) is 14.6. The summed E-state index contributed by atoms with van der Waals surface area (Å²) in [6, 6.07) is 17.6. The van der Waals surface area contributed by atoms with Crippen molar-refractivity contribution in [1.82, 2.24) is 9.47 Å². The predicted molar refractivity (Wildman–Crippen MR) is 114 cm³/mol. The van der Waals surface area contributed by atoms with Crippen LogP contribution in [0.2, 0.25) is 0 Å². The second kappa shape index (κ2) is 10.6. The van der Waals surface area contributed by atoms with Gasteiger partial charge in [-0.2, -0.15) is 0 Å². The Bertz CT molecular complexity index is 953. The van der Waals surface area contributed by atoms with E-state index >= 15 is 0 Å². The van der Waals surface area contributed by atoms with Crippen molar-refractivity contribution in [3.8, 4) is 5.75 Å². The summed E-state index contributed by atoms with van der Waals surface area (Å²) >= 11 is 0. The molecule has 158 valence electrons. The number of rotatable bonds is 10. The standard InChI is InChI=1S/C24H27FN2O3/c1-29-15-5-14-27(24(28)20-6-3-8-23(16-20)30-2)18-22-7-4-13-26(22)17-19-9-11-21(25)12-10-19/h3-4,6-13,16H,5,14-15,17-18H2,1-2H3. The summed E-state index contributed by atoms with van der Waals surface area (Å²) in [5.74, 6) is 0.344. The lowest BCUT2D eigenvalue weighted by Gasteiger charge is -2.24. The molecule has 0 atom stereocenters. The molecule has 0 saturated heterocycles. The Kier molecular flexibility index (Phi) is 7.63. The molecule has 0 aliphatic carbocycles. The molecule has 0 bridgehead atoms. The van der Waals surface area contributed by atoms with E-state index in [-0.39, 0.29) is 11.7 Å². The minimum Gasteiger partial charge on any atom is -0.497 e. The number of hydrogen-bond acceptors (Lipinski definition) is 3. The first kappa shape index (κ1) is 21.6. The first-order valence-electron chi connectivity index (χ1n) is 9.91. The summed E-state index contributed by atoms with van der Waals surface area (Å²) in [6.07, 6.45) is 2.72. The SMILES string of the molecule is COCCCN(Cc1cccn1Cc1ccc(F)cc1)C(=O)c1cccc(OC)c1. The molecule has 0 saturated carbocycles. The van der Waals surface area contributed by atoms with Gasteiger partial charge in [-0.05, 0) is 54.4 Å². The molecule has 0 N–H and O–H groups in total. The molecular formula is C24H27FN2O3. The van der Waals surface area contributed by atoms with Crippen LogP contribution < -0.4 is 4.74 Å². The van der Waals surface area contributed by atoms with Crippen LogP contribution in [-0.2, 0) is 17.8 Å². The van der Waals surface area contributed by atoms with Gasteiger partial charge in [0.1, 0.15) is 11.6 Å². The Labute approximate surface area is 176 Å². The minimum atomic E-state index is -0.250. The maximum absolute atomic E-state index is 13.2. The summed E-state index contributed by atoms with van der Waals surface area (Å²) in [6.45, 7) is 2.24. The lowest BCUT2D eigenvalue weighted by Crippen LogP contribution is -2.33. The number of hydrogen-bond donors (Lipinski definition) is 0. The van der Waals surface area contributed by atoms with E-state index in [4.69, 9.17) is 9.47 Å². The number of nitrogens with zero attached hydrogens (tertiary/aromatic N) is 2. The van der Waals surface area contributed by atoms with Gasteiger partial charge in [-0.25, -0.2) is 4.39 Å². The van der Waals surface area contributed by atoms with E-state index in [0.717, 1.165) is 17.7 Å². The quantitative estimate of drug-likeness (QED) is 0.467. The van der Waals surface area contributed by atoms with Crippen LogP contribution in [0.25, 0.3) is 0 Å². The second-order valence-corrected chi connectivity index (χ2v) is 7.06. The largest absolute Gasteiger partial charge is 0.497 e. The van der Waals surface area contributed by atoms with E-state index in [2.05, 4.69) is 4.57 Å². The van der Waals surface area contributed by atoms with Crippen molar-refractivity contribution in [2.24, 2.45) is 0 Å². The number of ether oxygens (including phenoxy) is 2. The third-order valence-electron chi connectivity index (χ3n) is 4.92. The maximum atomic E-state index is 13.2. The topological polar surface area (TPSA) is 43.7 Å². The highest BCUT2D eigenvalue weighted by molar-refractivity contribution is 5.94. The highest BCUT2D eigenvalue weighted by atomic mass is 19.1. The fraction of sp³-hybridized carbons (Fsp3) is 0.292. The van der Waals surface area contributed by atoms with Crippen LogP contribution in [0.1, 0.15) is 28.0 Å². The van der Waals surface area contributed by atoms with Gasteiger partial charge in [0, 0.05) is 44.3 Å². The highest BCUT2D eigenvalue weighted by Crippen LogP contribution is 2.17. The van der Waals surface area contributed by atoms with Crippen LogP contribution in [-0.4, -0.2) is 42.7 Å². The zero-order valence-corrected chi connectivity index (χ0v) is 17.4. The van der Waals surface area contributed by atoms with Gasteiger partial charge in [0.25, 0.3) is 5.91 Å². The molecule has 2 aromatic carbocycles. The smallest absolute Gasteiger partial charge is 0.254 e. The number of benzene rings is 2. The first-order valence-corrected chi connectivity index (χ1v) is 9.91. The monoisotopic (exact) mass is 410 g/mol. The summed E-state index contributed by atoms with van der Waals surface area (Å²) in [5.41, 5.74) is 2.59. The Balaban J connectivity index is 1.78. The van der Waals surface area contributed by atoms with Crippen molar-refractivity contribution >= 4 is 5.91 Å². The Morgan fingerprint density at radius 1 is 1.07 bits per heavy atom. The predicted octanol–water partition coefficient (Wildman–Crippen LogP) is 4.36. The molecule has 0 aliphatic rings. The van der Waals surface area contributed by atoms with Crippen LogP contribution in [0, 0.1) is 5.82 Å². The molecule has 0 aliphatic heterocycles. The highest BCUT2D eigenvalue weighted by Gasteiger charge is 2.18. The van der Waals surface area contributed by atoms with E-state index in [9.17, 15) is 9.18 Å². The summed E-state index contributed by atoms with van der Waals surface area (Å²) in [4.78, 5) is 15.0. The zero-order chi connectivity index (χ0) is 21.3. The molecule has 6 heteroatoms. The molecule has 3 aromatic rings. The van der Waals surface area contributed by atoms with Crippen molar-refractivity contribution in [3.05, 3.63) is 89.5 Å². The van der Waals surface area contributed by atoms with Crippen LogP contribution in [0.5, 0.6) is 5.75 Å². The fourth-order valence-electron chi connectivity index (χ4n) is 3.32. The van der Waals surface area contributed by atoms with Crippen LogP contribution in [0.3, 0.4) is 0 Å². The molecule has 1 heterocycles. The molecule has 3 rings (SSSR count). The summed E-state index contributed by atoms with van der Waals surface area (Å²) in [5, 5.41) is 0. The molecule has 5 nitrogen and oxygen atoms in total. The normalized spacial score (nSPS) is 10.8. The number of amides is 1. The molecule has 0 spiro atoms. The number of methoxy groups -OCH3 is 2. The Hall–Kier alpha value is -3.12. The molecule has 1 aromatic heterocycles. The number of aromatic nitrogens is 1. The lowest BCUT2D eigenvalue weighted by atomic mass is 10.1. The molecule has 0 unspecified atom stereocenters. The average molecular weight is 410 g/mol. The van der Waals surface area contributed by atoms with Crippen LogP contribution in [0.15, 0.2) is 66.9 Å². The number of carbonyl (C=O) groups is 1. The molecule has 1 amide bonds. The summed E-state index contributed by atoms with van der Waals surface area (Å²) in [7, 11) is 3.24. The van der Waals surface area contributed by atoms with Gasteiger partial charge in [-0.1, -0.05) is 18.2 Å². The third-order valence-corrected chi connectivity index (χ3v) is 4.92. The Morgan fingerprint density at radius 2 is 1.87 bits per heavy atom. The van der Waals surface area contributed by atoms with Gasteiger partial charge in [-0.3, -0.25) is 4.79 Å². The van der Waals surface area contributed by atoms with Crippen LogP contribution in [0.4, 0.5) is 4.39 Å². The Morgan fingerprint density at radius 3 is 2.60 bits per heavy atom. The van der Waals surface area contributed by atoms with Gasteiger partial charge >= 0.3 is 0 Å². The molecule has 30 heavy (non-hydrogen) atoms. The molecule has 0 radical (unpaired) electrons. The van der Waals surface area contributed by atoms with E-state index in [1.807, 2.05) is 35.4 Å². The van der Waals surface area contributed by atoms with Crippen molar-refractivity contribution in [2.75, 3.05) is 27.4 Å². The second-order valence-electron chi connectivity index (χ2n) is 7.06. The van der Waals surface area contributed by atoms with E-state index in [0.29, 0.717) is 37.6 Å². The van der Waals surface area contributed by atoms with E-state index < -0.39 is 0 Å². The fourth-order valence-corrected chi connectivity index (χ4v) is 3.32. The van der Waals surface area contributed by atoms with Crippen molar-refractivity contribution < 1.29 is 18.7 Å². The molecule has 0 fully saturated rings. The van der Waals surface area contributed by atoms with Gasteiger partial charge in [0.2, 0.25) is 0 Å². The van der Waals surface area contributed by atoms with Gasteiger partial charge < -0.3 is 18.9 Å². The van der Waals surface area contributed by atoms with Crippen LogP contribution >= 0.6 is 0 Å². The van der Waals surface area contributed by atoms with E-state index in [1.54, 1.807) is 38.5 Å². The maximum Gasteiger partial charge on any atom is 0.254 e. The minimum absolute atomic E-state index is 0.0560. The van der Waals surface area contributed by atoms with Gasteiger partial charge in [0.15, 0.2) is 0 Å². The molecular weight excluding hydrogens is 383 g/mol. The summed E-state index contributed by atoms with van der Waals surface area (Å²) < 4.78 is 25.7. The van der Waals surface area contributed by atoms with Crippen molar-refractivity contribution in [3.63, 3.8) is 0 Å². The average Bonchev–Trinajstić information content (AvgIpc) is 3.20. The zero-order valence-electron chi connectivity index (χ0n) is 17.4. The van der Waals surface area contributed by atoms with Gasteiger partial charge in [0.05, 0.1) is 13.7 Å². The number of halogens is 1.